The van der Waals surface area contributed by atoms with Gasteiger partial charge in [-0.25, -0.2) is 18.5 Å². The molecule has 4 aromatic rings. The molecule has 1 heterocycles. The third-order valence-electron chi connectivity index (χ3n) is 5.95. The topological polar surface area (TPSA) is 81.3 Å². The fourth-order valence-corrected chi connectivity index (χ4v) is 4.25. The highest BCUT2D eigenvalue weighted by molar-refractivity contribution is 6.33. The Morgan fingerprint density at radius 3 is 1.94 bits per heavy atom. The molecule has 0 fully saturated rings. The Kier molecular flexibility index (Phi) is 6.45. The number of hydrogen-bond donors (Lipinski definition) is 1. The van der Waals surface area contributed by atoms with E-state index >= 15 is 0 Å². The first-order valence-corrected chi connectivity index (χ1v) is 11.2. The standard InChI is InChI=1S/C27H22ClFN2O4/c1-27(2,25(33)34)31-24(32)20(19-14-9-15-21(29)22(19)28)16-30(26(31)35)23(17-10-5-3-6-11-17)18-12-7-4-8-13-18/h3-16,23H,1-2H3,(H,33,34). The van der Waals surface area contributed by atoms with Crippen molar-refractivity contribution in [2.45, 2.75) is 25.4 Å². The maximum absolute atomic E-state index is 14.3. The van der Waals surface area contributed by atoms with E-state index in [1.807, 2.05) is 60.7 Å². The fraction of sp³-hybridized carbons (Fsp3) is 0.148. The van der Waals surface area contributed by atoms with Crippen LogP contribution in [0.5, 0.6) is 0 Å². The maximum atomic E-state index is 14.3. The number of carboxylic acid groups (broad SMARTS) is 1. The molecule has 0 unspecified atom stereocenters. The van der Waals surface area contributed by atoms with Crippen molar-refractivity contribution in [1.82, 2.24) is 9.13 Å². The van der Waals surface area contributed by atoms with E-state index in [9.17, 15) is 23.9 Å². The lowest BCUT2D eigenvalue weighted by Gasteiger charge is -2.27. The highest BCUT2D eigenvalue weighted by Crippen LogP contribution is 2.31. The van der Waals surface area contributed by atoms with Gasteiger partial charge < -0.3 is 5.11 Å². The molecule has 0 aliphatic rings. The molecule has 35 heavy (non-hydrogen) atoms. The van der Waals surface area contributed by atoms with E-state index in [4.69, 9.17) is 11.6 Å². The van der Waals surface area contributed by atoms with E-state index < -0.39 is 34.6 Å². The molecule has 0 atom stereocenters. The highest BCUT2D eigenvalue weighted by Gasteiger charge is 2.35. The normalized spacial score (nSPS) is 11.6. The molecule has 0 aliphatic carbocycles. The zero-order chi connectivity index (χ0) is 25.3. The average Bonchev–Trinajstić information content (AvgIpc) is 2.84. The van der Waals surface area contributed by atoms with Crippen LogP contribution in [0.2, 0.25) is 5.02 Å². The summed E-state index contributed by atoms with van der Waals surface area (Å²) in [4.78, 5) is 39.5. The molecular formula is C27H22ClFN2O4. The van der Waals surface area contributed by atoms with Gasteiger partial charge in [-0.1, -0.05) is 84.4 Å². The Morgan fingerprint density at radius 1 is 0.886 bits per heavy atom. The van der Waals surface area contributed by atoms with Crippen molar-refractivity contribution >= 4 is 17.6 Å². The first-order chi connectivity index (χ1) is 16.6. The minimum atomic E-state index is -1.90. The molecule has 0 spiro atoms. The van der Waals surface area contributed by atoms with E-state index in [2.05, 4.69) is 0 Å². The van der Waals surface area contributed by atoms with E-state index in [1.165, 1.54) is 36.7 Å². The van der Waals surface area contributed by atoms with E-state index in [-0.39, 0.29) is 16.1 Å². The molecule has 1 N–H and O–H groups in total. The Hall–Kier alpha value is -3.97. The number of carboxylic acids is 1. The van der Waals surface area contributed by atoms with Crippen LogP contribution in [-0.2, 0) is 10.3 Å². The van der Waals surface area contributed by atoms with Crippen LogP contribution in [0.3, 0.4) is 0 Å². The van der Waals surface area contributed by atoms with Gasteiger partial charge in [0.1, 0.15) is 11.4 Å². The Morgan fingerprint density at radius 2 is 1.43 bits per heavy atom. The lowest BCUT2D eigenvalue weighted by molar-refractivity contribution is -0.146. The van der Waals surface area contributed by atoms with Crippen molar-refractivity contribution in [2.24, 2.45) is 0 Å². The number of rotatable bonds is 6. The molecule has 1 aromatic heterocycles. The second-order valence-electron chi connectivity index (χ2n) is 8.56. The maximum Gasteiger partial charge on any atom is 0.332 e. The fourth-order valence-electron chi connectivity index (χ4n) is 4.03. The number of aliphatic carboxylic acids is 1. The lowest BCUT2D eigenvalue weighted by atomic mass is 9.97. The van der Waals surface area contributed by atoms with Crippen LogP contribution in [0.4, 0.5) is 4.39 Å². The average molecular weight is 493 g/mol. The van der Waals surface area contributed by atoms with Crippen molar-refractivity contribution in [2.75, 3.05) is 0 Å². The van der Waals surface area contributed by atoms with Gasteiger partial charge in [-0.2, -0.15) is 0 Å². The van der Waals surface area contributed by atoms with Crippen LogP contribution in [0.15, 0.2) is 94.6 Å². The van der Waals surface area contributed by atoms with E-state index in [0.717, 1.165) is 17.2 Å². The Labute approximate surface area is 205 Å². The largest absolute Gasteiger partial charge is 0.480 e. The van der Waals surface area contributed by atoms with Crippen molar-refractivity contribution in [3.63, 3.8) is 0 Å². The molecular weight excluding hydrogens is 471 g/mol. The molecule has 0 radical (unpaired) electrons. The van der Waals surface area contributed by atoms with Gasteiger partial charge in [-0.3, -0.25) is 9.36 Å². The van der Waals surface area contributed by atoms with Crippen LogP contribution < -0.4 is 11.2 Å². The predicted molar refractivity (Wildman–Crippen MR) is 132 cm³/mol. The van der Waals surface area contributed by atoms with Gasteiger partial charge in [0, 0.05) is 11.8 Å². The second-order valence-corrected chi connectivity index (χ2v) is 8.94. The smallest absolute Gasteiger partial charge is 0.332 e. The summed E-state index contributed by atoms with van der Waals surface area (Å²) in [6.45, 7) is 2.53. The van der Waals surface area contributed by atoms with Crippen molar-refractivity contribution in [1.29, 1.82) is 0 Å². The summed E-state index contributed by atoms with van der Waals surface area (Å²) in [7, 11) is 0. The van der Waals surface area contributed by atoms with Gasteiger partial charge >= 0.3 is 11.7 Å². The van der Waals surface area contributed by atoms with Crippen molar-refractivity contribution in [3.05, 3.63) is 128 Å². The van der Waals surface area contributed by atoms with Crippen LogP contribution >= 0.6 is 11.6 Å². The molecule has 6 nitrogen and oxygen atoms in total. The lowest BCUT2D eigenvalue weighted by Crippen LogP contribution is -2.53. The first kappa shape index (κ1) is 24.2. The summed E-state index contributed by atoms with van der Waals surface area (Å²) in [6.07, 6.45) is 1.32. The van der Waals surface area contributed by atoms with Gasteiger partial charge in [0.25, 0.3) is 5.56 Å². The number of carbonyl (C=O) groups is 1. The summed E-state index contributed by atoms with van der Waals surface area (Å²) < 4.78 is 16.3. The third-order valence-corrected chi connectivity index (χ3v) is 6.33. The number of nitrogens with zero attached hydrogens (tertiary/aromatic N) is 2. The number of halogens is 2. The van der Waals surface area contributed by atoms with Crippen LogP contribution in [0.25, 0.3) is 11.1 Å². The summed E-state index contributed by atoms with van der Waals surface area (Å²) in [6, 6.07) is 21.6. The monoisotopic (exact) mass is 492 g/mol. The van der Waals surface area contributed by atoms with Gasteiger partial charge in [0.15, 0.2) is 0 Å². The van der Waals surface area contributed by atoms with Crippen LogP contribution in [0.1, 0.15) is 31.0 Å². The van der Waals surface area contributed by atoms with Crippen molar-refractivity contribution < 1.29 is 14.3 Å². The van der Waals surface area contributed by atoms with E-state index in [0.29, 0.717) is 4.57 Å². The molecule has 0 saturated heterocycles. The zero-order valence-corrected chi connectivity index (χ0v) is 19.7. The molecule has 0 aliphatic heterocycles. The third kappa shape index (κ3) is 4.31. The van der Waals surface area contributed by atoms with Crippen LogP contribution in [0, 0.1) is 5.82 Å². The molecule has 0 saturated carbocycles. The first-order valence-electron chi connectivity index (χ1n) is 10.8. The van der Waals surface area contributed by atoms with Gasteiger partial charge in [-0.15, -0.1) is 0 Å². The zero-order valence-electron chi connectivity index (χ0n) is 19.0. The van der Waals surface area contributed by atoms with Crippen molar-refractivity contribution in [3.8, 4) is 11.1 Å². The predicted octanol–water partition coefficient (Wildman–Crippen LogP) is 4.93. The Balaban J connectivity index is 2.16. The molecule has 4 rings (SSSR count). The second kappa shape index (κ2) is 9.35. The van der Waals surface area contributed by atoms with Gasteiger partial charge in [0.2, 0.25) is 0 Å². The molecule has 3 aromatic carbocycles. The van der Waals surface area contributed by atoms with E-state index in [1.54, 1.807) is 0 Å². The highest BCUT2D eigenvalue weighted by atomic mass is 35.5. The minimum Gasteiger partial charge on any atom is -0.480 e. The van der Waals surface area contributed by atoms with Gasteiger partial charge in [0.05, 0.1) is 16.6 Å². The Bertz CT molecular complexity index is 1470. The molecule has 8 heteroatoms. The quantitative estimate of drug-likeness (QED) is 0.414. The van der Waals surface area contributed by atoms with Crippen LogP contribution in [-0.4, -0.2) is 20.2 Å². The summed E-state index contributed by atoms with van der Waals surface area (Å²) in [5, 5.41) is 9.57. The number of hydrogen-bond acceptors (Lipinski definition) is 3. The molecule has 178 valence electrons. The minimum absolute atomic E-state index is 0.0558. The van der Waals surface area contributed by atoms with Gasteiger partial charge in [-0.05, 0) is 31.0 Å². The SMILES string of the molecule is CC(C)(C(=O)O)n1c(=O)c(-c2cccc(F)c2Cl)cn(C(c2ccccc2)c2ccccc2)c1=O. The summed E-state index contributed by atoms with van der Waals surface area (Å²) >= 11 is 6.21. The number of benzene rings is 3. The summed E-state index contributed by atoms with van der Waals surface area (Å²) in [5.74, 6) is -2.12. The molecule has 0 bridgehead atoms. The molecule has 0 amide bonds. The summed E-state index contributed by atoms with van der Waals surface area (Å²) in [5.41, 5.74) is -2.18. The number of aromatic nitrogens is 2.